The van der Waals surface area contributed by atoms with Crippen LogP contribution >= 0.6 is 15.9 Å². The predicted molar refractivity (Wildman–Crippen MR) is 72.7 cm³/mol. The number of anilines is 2. The van der Waals surface area contributed by atoms with Gasteiger partial charge in [-0.15, -0.1) is 0 Å². The number of nitrogens with two attached hydrogens (primary N) is 1. The van der Waals surface area contributed by atoms with Crippen LogP contribution in [-0.2, 0) is 0 Å². The van der Waals surface area contributed by atoms with Crippen LogP contribution in [0.3, 0.4) is 0 Å². The molecule has 1 fully saturated rings. The van der Waals surface area contributed by atoms with Crippen LogP contribution in [0.1, 0.15) is 12.8 Å². The number of rotatable bonds is 2. The molecule has 0 bridgehead atoms. The molecule has 1 aliphatic heterocycles. The molecule has 0 amide bonds. The Morgan fingerprint density at radius 3 is 3.00 bits per heavy atom. The Morgan fingerprint density at radius 1 is 1.53 bits per heavy atom. The summed E-state index contributed by atoms with van der Waals surface area (Å²) in [6, 6.07) is 3.40. The van der Waals surface area contributed by atoms with Crippen molar-refractivity contribution in [1.29, 1.82) is 0 Å². The van der Waals surface area contributed by atoms with Crippen LogP contribution in [0.25, 0.3) is 0 Å². The van der Waals surface area contributed by atoms with Gasteiger partial charge >= 0.3 is 0 Å². The Kier molecular flexibility index (Phi) is 3.89. The molecule has 0 aromatic heterocycles. The first-order chi connectivity index (χ1) is 8.06. The van der Waals surface area contributed by atoms with Crippen LogP contribution in [-0.4, -0.2) is 31.1 Å². The highest BCUT2D eigenvalue weighted by atomic mass is 79.9. The topological polar surface area (TPSA) is 41.3 Å². The molecular weight excluding hydrogens is 285 g/mol. The van der Waals surface area contributed by atoms with Crippen LogP contribution in [0, 0.1) is 5.82 Å². The molecule has 0 aliphatic carbocycles. The summed E-state index contributed by atoms with van der Waals surface area (Å²) in [7, 11) is 2.10. The van der Waals surface area contributed by atoms with Gasteiger partial charge in [-0.3, -0.25) is 0 Å². The predicted octanol–water partition coefficient (Wildman–Crippen LogP) is 2.68. The maximum Gasteiger partial charge on any atom is 0.139 e. The van der Waals surface area contributed by atoms with Crippen molar-refractivity contribution in [3.05, 3.63) is 22.4 Å². The first-order valence-electron chi connectivity index (χ1n) is 5.76. The van der Waals surface area contributed by atoms with Gasteiger partial charge in [-0.25, -0.2) is 4.39 Å². The summed E-state index contributed by atoms with van der Waals surface area (Å²) in [6.45, 7) is 2.10. The van der Waals surface area contributed by atoms with Gasteiger partial charge in [0.05, 0.1) is 15.8 Å². The zero-order valence-electron chi connectivity index (χ0n) is 9.84. The quantitative estimate of drug-likeness (QED) is 0.825. The number of likely N-dealkylation sites (tertiary alicyclic amines) is 1. The molecule has 1 heterocycles. The summed E-state index contributed by atoms with van der Waals surface area (Å²) in [5.74, 6) is -0.286. The fraction of sp³-hybridized carbons (Fsp3) is 0.500. The monoisotopic (exact) mass is 301 g/mol. The fourth-order valence-corrected chi connectivity index (χ4v) is 2.55. The molecule has 2 rings (SSSR count). The van der Waals surface area contributed by atoms with E-state index in [2.05, 4.69) is 33.2 Å². The van der Waals surface area contributed by atoms with Crippen molar-refractivity contribution < 1.29 is 4.39 Å². The SMILES string of the molecule is CN1CCCC(Nc2cc(F)c(Br)cc2N)C1. The molecule has 0 radical (unpaired) electrons. The average molecular weight is 302 g/mol. The Balaban J connectivity index is 2.10. The lowest BCUT2D eigenvalue weighted by Gasteiger charge is -2.31. The molecule has 1 aromatic rings. The molecule has 1 unspecified atom stereocenters. The van der Waals surface area contributed by atoms with E-state index in [0.29, 0.717) is 21.9 Å². The van der Waals surface area contributed by atoms with Crippen molar-refractivity contribution in [3.63, 3.8) is 0 Å². The van der Waals surface area contributed by atoms with Crippen molar-refractivity contribution >= 4 is 27.3 Å². The number of piperidine rings is 1. The summed E-state index contributed by atoms with van der Waals surface area (Å²) < 4.78 is 13.8. The van der Waals surface area contributed by atoms with E-state index in [1.807, 2.05) is 0 Å². The molecule has 1 atom stereocenters. The van der Waals surface area contributed by atoms with Gasteiger partial charge in [0.25, 0.3) is 0 Å². The summed E-state index contributed by atoms with van der Waals surface area (Å²) in [5, 5.41) is 3.32. The molecule has 1 saturated heterocycles. The first kappa shape index (κ1) is 12.6. The highest BCUT2D eigenvalue weighted by Crippen LogP contribution is 2.27. The van der Waals surface area contributed by atoms with Crippen LogP contribution in [0.15, 0.2) is 16.6 Å². The van der Waals surface area contributed by atoms with Crippen molar-refractivity contribution in [2.45, 2.75) is 18.9 Å². The molecule has 5 heteroatoms. The smallest absolute Gasteiger partial charge is 0.139 e. The molecule has 1 aliphatic rings. The number of benzene rings is 1. The molecule has 1 aromatic carbocycles. The normalized spacial score (nSPS) is 21.5. The Bertz CT molecular complexity index is 411. The summed E-state index contributed by atoms with van der Waals surface area (Å²) in [4.78, 5) is 2.27. The van der Waals surface area contributed by atoms with E-state index in [-0.39, 0.29) is 5.82 Å². The Hall–Kier alpha value is -0.810. The van der Waals surface area contributed by atoms with Crippen LogP contribution in [0.4, 0.5) is 15.8 Å². The summed E-state index contributed by atoms with van der Waals surface area (Å²) in [5.41, 5.74) is 7.13. The molecule has 3 nitrogen and oxygen atoms in total. The second kappa shape index (κ2) is 5.23. The van der Waals surface area contributed by atoms with Crippen LogP contribution in [0.2, 0.25) is 0 Å². The molecule has 3 N–H and O–H groups in total. The number of nitrogen functional groups attached to an aromatic ring is 1. The van der Waals surface area contributed by atoms with Gasteiger partial charge in [0.2, 0.25) is 0 Å². The lowest BCUT2D eigenvalue weighted by atomic mass is 10.1. The van der Waals surface area contributed by atoms with E-state index < -0.39 is 0 Å². The van der Waals surface area contributed by atoms with E-state index in [1.54, 1.807) is 6.07 Å². The first-order valence-corrected chi connectivity index (χ1v) is 6.55. The maximum absolute atomic E-state index is 13.4. The van der Waals surface area contributed by atoms with E-state index >= 15 is 0 Å². The third-order valence-corrected chi connectivity index (χ3v) is 3.68. The zero-order chi connectivity index (χ0) is 12.4. The van der Waals surface area contributed by atoms with Crippen molar-refractivity contribution in [3.8, 4) is 0 Å². The van der Waals surface area contributed by atoms with E-state index in [1.165, 1.54) is 6.07 Å². The zero-order valence-corrected chi connectivity index (χ0v) is 11.4. The molecule has 17 heavy (non-hydrogen) atoms. The maximum atomic E-state index is 13.4. The summed E-state index contributed by atoms with van der Waals surface area (Å²) in [6.07, 6.45) is 2.26. The van der Waals surface area contributed by atoms with Gasteiger partial charge in [-0.1, -0.05) is 0 Å². The Labute approximate surface area is 109 Å². The number of hydrogen-bond donors (Lipinski definition) is 2. The molecule has 0 spiro atoms. The number of hydrogen-bond acceptors (Lipinski definition) is 3. The largest absolute Gasteiger partial charge is 0.397 e. The second-order valence-corrected chi connectivity index (χ2v) is 5.45. The lowest BCUT2D eigenvalue weighted by molar-refractivity contribution is 0.261. The average Bonchev–Trinajstić information content (AvgIpc) is 2.26. The van der Waals surface area contributed by atoms with Crippen molar-refractivity contribution in [1.82, 2.24) is 4.90 Å². The van der Waals surface area contributed by atoms with E-state index in [0.717, 1.165) is 25.9 Å². The van der Waals surface area contributed by atoms with E-state index in [9.17, 15) is 4.39 Å². The van der Waals surface area contributed by atoms with Gasteiger partial charge in [-0.2, -0.15) is 0 Å². The standard InChI is InChI=1S/C12H17BrFN3/c1-17-4-2-3-8(7-17)16-12-6-10(14)9(13)5-11(12)15/h5-6,8,16H,2-4,7,15H2,1H3. The fourth-order valence-electron chi connectivity index (χ4n) is 2.19. The van der Waals surface area contributed by atoms with Crippen molar-refractivity contribution in [2.75, 3.05) is 31.2 Å². The highest BCUT2D eigenvalue weighted by molar-refractivity contribution is 9.10. The van der Waals surface area contributed by atoms with Crippen molar-refractivity contribution in [2.24, 2.45) is 0 Å². The highest BCUT2D eigenvalue weighted by Gasteiger charge is 2.18. The van der Waals surface area contributed by atoms with Crippen LogP contribution < -0.4 is 11.1 Å². The van der Waals surface area contributed by atoms with Gasteiger partial charge < -0.3 is 16.0 Å². The third-order valence-electron chi connectivity index (χ3n) is 3.08. The van der Waals surface area contributed by atoms with Gasteiger partial charge in [-0.05, 0) is 48.4 Å². The van der Waals surface area contributed by atoms with Gasteiger partial charge in [0.1, 0.15) is 5.82 Å². The second-order valence-electron chi connectivity index (χ2n) is 4.60. The van der Waals surface area contributed by atoms with Gasteiger partial charge in [0.15, 0.2) is 0 Å². The molecule has 0 saturated carbocycles. The minimum atomic E-state index is -0.286. The summed E-state index contributed by atoms with van der Waals surface area (Å²) >= 11 is 3.12. The number of halogens is 2. The molecular formula is C12H17BrFN3. The Morgan fingerprint density at radius 2 is 2.29 bits per heavy atom. The van der Waals surface area contributed by atoms with Gasteiger partial charge in [0, 0.05) is 18.7 Å². The molecule has 94 valence electrons. The number of likely N-dealkylation sites (N-methyl/N-ethyl adjacent to an activating group) is 1. The lowest BCUT2D eigenvalue weighted by Crippen LogP contribution is -2.39. The van der Waals surface area contributed by atoms with E-state index in [4.69, 9.17) is 5.73 Å². The minimum absolute atomic E-state index is 0.286. The minimum Gasteiger partial charge on any atom is -0.397 e. The number of nitrogens with zero attached hydrogens (tertiary/aromatic N) is 1. The number of nitrogens with one attached hydrogen (secondary N) is 1. The van der Waals surface area contributed by atoms with Crippen LogP contribution in [0.5, 0.6) is 0 Å². The third kappa shape index (κ3) is 3.10.